The van der Waals surface area contributed by atoms with Crippen LogP contribution in [0.5, 0.6) is 11.5 Å². The summed E-state index contributed by atoms with van der Waals surface area (Å²) in [6, 6.07) is 3.54. The van der Waals surface area contributed by atoms with Crippen LogP contribution in [0.3, 0.4) is 0 Å². The summed E-state index contributed by atoms with van der Waals surface area (Å²) < 4.78 is 10.4. The molecule has 0 aliphatic heterocycles. The van der Waals surface area contributed by atoms with Gasteiger partial charge in [0.05, 0.1) is 12.1 Å². The van der Waals surface area contributed by atoms with E-state index in [4.69, 9.17) is 26.8 Å². The van der Waals surface area contributed by atoms with Gasteiger partial charge in [0.15, 0.2) is 18.1 Å². The molecule has 20 heavy (non-hydrogen) atoms. The highest BCUT2D eigenvalue weighted by Crippen LogP contribution is 2.36. The Hall–Kier alpha value is -1.43. The Morgan fingerprint density at radius 2 is 2.25 bits per heavy atom. The molecule has 0 saturated heterocycles. The largest absolute Gasteiger partial charge is 0.493 e. The Kier molecular flexibility index (Phi) is 8.79. The molecule has 0 aromatic heterocycles. The minimum Gasteiger partial charge on any atom is -0.493 e. The maximum absolute atomic E-state index is 10.7. The molecule has 0 aliphatic carbocycles. The van der Waals surface area contributed by atoms with Crippen molar-refractivity contribution in [3.8, 4) is 11.5 Å². The van der Waals surface area contributed by atoms with E-state index in [1.165, 1.54) is 7.11 Å². The highest BCUT2D eigenvalue weighted by Gasteiger charge is 2.12. The van der Waals surface area contributed by atoms with Crippen molar-refractivity contribution in [1.82, 2.24) is 5.32 Å². The van der Waals surface area contributed by atoms with Gasteiger partial charge in [0, 0.05) is 13.1 Å². The van der Waals surface area contributed by atoms with E-state index in [2.05, 4.69) is 11.9 Å². The molecule has 0 unspecified atom stereocenters. The lowest BCUT2D eigenvalue weighted by atomic mass is 10.2. The normalized spacial score (nSPS) is 9.50. The summed E-state index contributed by atoms with van der Waals surface area (Å²) in [4.78, 5) is 10.7. The average molecular weight is 321 g/mol. The highest BCUT2D eigenvalue weighted by atomic mass is 35.5. The van der Waals surface area contributed by atoms with Crippen LogP contribution in [0.25, 0.3) is 0 Å². The number of nitrogens with two attached hydrogens (primary N) is 1. The molecule has 7 heteroatoms. The topological polar surface area (TPSA) is 73.6 Å². The summed E-state index contributed by atoms with van der Waals surface area (Å²) in [5, 5.41) is 3.52. The van der Waals surface area contributed by atoms with Crippen LogP contribution in [-0.2, 0) is 11.3 Å². The maximum Gasteiger partial charge on any atom is 0.255 e. The predicted octanol–water partition coefficient (Wildman–Crippen LogP) is 1.91. The number of ether oxygens (including phenoxy) is 2. The van der Waals surface area contributed by atoms with Gasteiger partial charge in [-0.25, -0.2) is 0 Å². The third-order valence-corrected chi connectivity index (χ3v) is 2.55. The van der Waals surface area contributed by atoms with E-state index in [1.807, 2.05) is 0 Å². The molecule has 0 spiro atoms. The molecule has 0 bridgehead atoms. The van der Waals surface area contributed by atoms with Crippen LogP contribution in [0, 0.1) is 0 Å². The number of carbonyl (C=O) groups is 1. The van der Waals surface area contributed by atoms with Gasteiger partial charge in [-0.2, -0.15) is 0 Å². The van der Waals surface area contributed by atoms with E-state index in [0.29, 0.717) is 29.6 Å². The van der Waals surface area contributed by atoms with Crippen molar-refractivity contribution in [2.45, 2.75) is 6.54 Å². The highest BCUT2D eigenvalue weighted by molar-refractivity contribution is 6.32. The first-order chi connectivity index (χ1) is 9.08. The first-order valence-corrected chi connectivity index (χ1v) is 6.05. The lowest BCUT2D eigenvalue weighted by Crippen LogP contribution is -2.20. The monoisotopic (exact) mass is 320 g/mol. The van der Waals surface area contributed by atoms with E-state index in [1.54, 1.807) is 18.2 Å². The second-order valence-electron chi connectivity index (χ2n) is 3.78. The molecule has 0 radical (unpaired) electrons. The van der Waals surface area contributed by atoms with Gasteiger partial charge in [0.1, 0.15) is 0 Å². The van der Waals surface area contributed by atoms with E-state index >= 15 is 0 Å². The standard InChI is InChI=1S/C13H17ClN2O3.ClH/c1-3-4-16-7-9-5-10(14)13(11(6-9)18-2)19-8-12(15)17;/h3,5-6,16H,1,4,7-8H2,2H3,(H2,15,17);1H. The molecule has 0 heterocycles. The van der Waals surface area contributed by atoms with Crippen molar-refractivity contribution < 1.29 is 14.3 Å². The molecule has 1 aromatic carbocycles. The first-order valence-electron chi connectivity index (χ1n) is 5.67. The van der Waals surface area contributed by atoms with Crippen LogP contribution in [-0.4, -0.2) is 26.2 Å². The van der Waals surface area contributed by atoms with Crippen LogP contribution in [0.15, 0.2) is 24.8 Å². The Morgan fingerprint density at radius 1 is 1.55 bits per heavy atom. The zero-order valence-corrected chi connectivity index (χ0v) is 12.7. The summed E-state index contributed by atoms with van der Waals surface area (Å²) in [6.45, 7) is 4.69. The molecule has 1 amide bonds. The Labute approximate surface area is 129 Å². The lowest BCUT2D eigenvalue weighted by Gasteiger charge is -2.13. The van der Waals surface area contributed by atoms with Gasteiger partial charge in [-0.15, -0.1) is 19.0 Å². The Balaban J connectivity index is 0.00000361. The van der Waals surface area contributed by atoms with Gasteiger partial charge >= 0.3 is 0 Å². The summed E-state index contributed by atoms with van der Waals surface area (Å²) in [6.07, 6.45) is 1.77. The number of nitrogens with one attached hydrogen (secondary N) is 1. The number of benzene rings is 1. The van der Waals surface area contributed by atoms with Crippen molar-refractivity contribution in [3.05, 3.63) is 35.4 Å². The van der Waals surface area contributed by atoms with E-state index < -0.39 is 5.91 Å². The number of hydrogen-bond donors (Lipinski definition) is 2. The third kappa shape index (κ3) is 5.69. The zero-order chi connectivity index (χ0) is 14.3. The average Bonchev–Trinajstić information content (AvgIpc) is 2.37. The van der Waals surface area contributed by atoms with Crippen LogP contribution in [0.2, 0.25) is 5.02 Å². The number of hydrogen-bond acceptors (Lipinski definition) is 4. The first kappa shape index (κ1) is 18.6. The van der Waals surface area contributed by atoms with Crippen LogP contribution in [0.1, 0.15) is 5.56 Å². The number of primary amides is 1. The number of rotatable bonds is 8. The summed E-state index contributed by atoms with van der Waals surface area (Å²) in [7, 11) is 1.50. The number of methoxy groups -OCH3 is 1. The third-order valence-electron chi connectivity index (χ3n) is 2.27. The van der Waals surface area contributed by atoms with Gasteiger partial charge < -0.3 is 20.5 Å². The lowest BCUT2D eigenvalue weighted by molar-refractivity contribution is -0.119. The minimum atomic E-state index is -0.574. The van der Waals surface area contributed by atoms with Crippen LogP contribution in [0.4, 0.5) is 0 Å². The summed E-state index contributed by atoms with van der Waals surface area (Å²) in [5.74, 6) is 0.203. The maximum atomic E-state index is 10.7. The van der Waals surface area contributed by atoms with Gasteiger partial charge in [0.2, 0.25) is 0 Å². The molecule has 3 N–H and O–H groups in total. The molecular formula is C13H18Cl2N2O3. The Bertz CT molecular complexity index is 467. The van der Waals surface area contributed by atoms with Gasteiger partial charge in [-0.1, -0.05) is 17.7 Å². The molecule has 0 atom stereocenters. The summed E-state index contributed by atoms with van der Waals surface area (Å²) in [5.41, 5.74) is 5.97. The molecule has 112 valence electrons. The fourth-order valence-corrected chi connectivity index (χ4v) is 1.77. The molecule has 5 nitrogen and oxygen atoms in total. The zero-order valence-electron chi connectivity index (χ0n) is 11.1. The van der Waals surface area contributed by atoms with Crippen LogP contribution >= 0.6 is 24.0 Å². The van der Waals surface area contributed by atoms with Crippen molar-refractivity contribution >= 4 is 29.9 Å². The SMILES string of the molecule is C=CCNCc1cc(Cl)c(OCC(N)=O)c(OC)c1.Cl. The second kappa shape index (κ2) is 9.47. The van der Waals surface area contributed by atoms with E-state index in [-0.39, 0.29) is 19.0 Å². The molecule has 1 rings (SSSR count). The molecular weight excluding hydrogens is 303 g/mol. The van der Waals surface area contributed by atoms with Gasteiger partial charge in [-0.05, 0) is 17.7 Å². The molecule has 1 aromatic rings. The fourth-order valence-electron chi connectivity index (χ4n) is 1.48. The number of carbonyl (C=O) groups excluding carboxylic acids is 1. The van der Waals surface area contributed by atoms with Gasteiger partial charge in [-0.3, -0.25) is 4.79 Å². The molecule has 0 aliphatic rings. The number of halogens is 2. The van der Waals surface area contributed by atoms with Crippen molar-refractivity contribution in [3.63, 3.8) is 0 Å². The number of amides is 1. The minimum absolute atomic E-state index is 0. The smallest absolute Gasteiger partial charge is 0.255 e. The Morgan fingerprint density at radius 3 is 2.80 bits per heavy atom. The van der Waals surface area contributed by atoms with Crippen molar-refractivity contribution in [2.24, 2.45) is 5.73 Å². The summed E-state index contributed by atoms with van der Waals surface area (Å²) >= 11 is 6.10. The van der Waals surface area contributed by atoms with Crippen LogP contribution < -0.4 is 20.5 Å². The molecule has 0 fully saturated rings. The van der Waals surface area contributed by atoms with E-state index in [9.17, 15) is 4.79 Å². The molecule has 0 saturated carbocycles. The predicted molar refractivity (Wildman–Crippen MR) is 81.8 cm³/mol. The van der Waals surface area contributed by atoms with E-state index in [0.717, 1.165) is 5.56 Å². The van der Waals surface area contributed by atoms with Crippen molar-refractivity contribution in [1.29, 1.82) is 0 Å². The van der Waals surface area contributed by atoms with Gasteiger partial charge in [0.25, 0.3) is 5.91 Å². The quantitative estimate of drug-likeness (QED) is 0.567. The van der Waals surface area contributed by atoms with Crippen molar-refractivity contribution in [2.75, 3.05) is 20.3 Å². The fraction of sp³-hybridized carbons (Fsp3) is 0.308. The second-order valence-corrected chi connectivity index (χ2v) is 4.19.